The van der Waals surface area contributed by atoms with Crippen molar-refractivity contribution in [1.29, 1.82) is 0 Å². The summed E-state index contributed by atoms with van der Waals surface area (Å²) in [6.07, 6.45) is 1.64. The van der Waals surface area contributed by atoms with Crippen molar-refractivity contribution < 1.29 is 17.5 Å². The van der Waals surface area contributed by atoms with Crippen LogP contribution in [-0.2, 0) is 14.8 Å². The van der Waals surface area contributed by atoms with Gasteiger partial charge < -0.3 is 4.74 Å². The van der Waals surface area contributed by atoms with Crippen LogP contribution in [-0.4, -0.2) is 63.1 Å². The Hall–Kier alpha value is -1.02. The molecule has 1 aromatic carbocycles. The van der Waals surface area contributed by atoms with Crippen LogP contribution in [0.5, 0.6) is 0 Å². The molecule has 3 rings (SSSR count). The molecule has 2 saturated heterocycles. The molecule has 2 heterocycles. The van der Waals surface area contributed by atoms with E-state index < -0.39 is 15.8 Å². The van der Waals surface area contributed by atoms with Gasteiger partial charge in [0.2, 0.25) is 10.0 Å². The van der Waals surface area contributed by atoms with Crippen molar-refractivity contribution >= 4 is 10.0 Å². The molecule has 7 heteroatoms. The molecule has 0 aromatic heterocycles. The summed E-state index contributed by atoms with van der Waals surface area (Å²) in [7, 11) is -3.79. The molecular weight excluding hydrogens is 319 g/mol. The van der Waals surface area contributed by atoms with Gasteiger partial charge in [0, 0.05) is 32.2 Å². The van der Waals surface area contributed by atoms with Crippen LogP contribution < -0.4 is 0 Å². The molecule has 0 amide bonds. The third-order valence-electron chi connectivity index (χ3n) is 4.57. The van der Waals surface area contributed by atoms with Crippen LogP contribution in [0, 0.1) is 12.7 Å². The van der Waals surface area contributed by atoms with Gasteiger partial charge in [-0.2, -0.15) is 4.31 Å². The smallest absolute Gasteiger partial charge is 0.246 e. The maximum atomic E-state index is 14.1. The van der Waals surface area contributed by atoms with Gasteiger partial charge in [0.25, 0.3) is 0 Å². The number of nitrogens with zero attached hydrogens (tertiary/aromatic N) is 2. The topological polar surface area (TPSA) is 49.9 Å². The molecule has 2 aliphatic heterocycles. The van der Waals surface area contributed by atoms with Gasteiger partial charge in [-0.15, -0.1) is 0 Å². The number of halogens is 1. The Morgan fingerprint density at radius 1 is 1.26 bits per heavy atom. The van der Waals surface area contributed by atoms with Crippen molar-refractivity contribution in [3.05, 3.63) is 29.6 Å². The van der Waals surface area contributed by atoms with Crippen LogP contribution in [0.15, 0.2) is 23.1 Å². The molecule has 1 unspecified atom stereocenters. The second-order valence-electron chi connectivity index (χ2n) is 6.26. The second-order valence-corrected chi connectivity index (χ2v) is 8.12. The fraction of sp³-hybridized carbons (Fsp3) is 0.625. The van der Waals surface area contributed by atoms with Crippen molar-refractivity contribution in [3.8, 4) is 0 Å². The maximum Gasteiger partial charge on any atom is 0.246 e. The Morgan fingerprint density at radius 3 is 2.74 bits per heavy atom. The zero-order chi connectivity index (χ0) is 16.4. The molecule has 23 heavy (non-hydrogen) atoms. The Kier molecular flexibility index (Phi) is 5.01. The van der Waals surface area contributed by atoms with E-state index in [0.29, 0.717) is 26.3 Å². The molecule has 128 valence electrons. The Bertz CT molecular complexity index is 659. The van der Waals surface area contributed by atoms with Gasteiger partial charge in [0.05, 0.1) is 13.2 Å². The summed E-state index contributed by atoms with van der Waals surface area (Å²) in [4.78, 5) is 2.03. The molecule has 0 N–H and O–H groups in total. The highest BCUT2D eigenvalue weighted by molar-refractivity contribution is 7.89. The summed E-state index contributed by atoms with van der Waals surface area (Å²) in [6.45, 7) is 5.94. The largest absolute Gasteiger partial charge is 0.379 e. The van der Waals surface area contributed by atoms with E-state index in [4.69, 9.17) is 4.74 Å². The summed E-state index contributed by atoms with van der Waals surface area (Å²) in [5.41, 5.74) is 0.744. The lowest BCUT2D eigenvalue weighted by atomic mass is 10.2. The lowest BCUT2D eigenvalue weighted by molar-refractivity contribution is 0.0312. The molecule has 0 bridgehead atoms. The average Bonchev–Trinajstić information content (AvgIpc) is 2.99. The Balaban J connectivity index is 1.81. The first-order valence-corrected chi connectivity index (χ1v) is 9.50. The first-order chi connectivity index (χ1) is 11.0. The molecular formula is C16H23FN2O3S. The molecule has 2 fully saturated rings. The minimum absolute atomic E-state index is 0.0852. The fourth-order valence-corrected chi connectivity index (χ4v) is 5.16. The minimum Gasteiger partial charge on any atom is -0.379 e. The lowest BCUT2D eigenvalue weighted by Gasteiger charge is -2.32. The monoisotopic (exact) mass is 342 g/mol. The van der Waals surface area contributed by atoms with Gasteiger partial charge in [0.15, 0.2) is 0 Å². The normalized spacial score (nSPS) is 24.2. The van der Waals surface area contributed by atoms with E-state index in [1.165, 1.54) is 16.4 Å². The zero-order valence-corrected chi connectivity index (χ0v) is 14.2. The van der Waals surface area contributed by atoms with Gasteiger partial charge in [-0.3, -0.25) is 4.90 Å². The predicted octanol–water partition coefficient (Wildman–Crippen LogP) is 1.62. The third kappa shape index (κ3) is 3.57. The number of sulfonamides is 1. The predicted molar refractivity (Wildman–Crippen MR) is 85.3 cm³/mol. The summed E-state index contributed by atoms with van der Waals surface area (Å²) in [5, 5.41) is 0. The third-order valence-corrected chi connectivity index (χ3v) is 6.54. The minimum atomic E-state index is -3.79. The number of benzene rings is 1. The number of hydrogen-bond donors (Lipinski definition) is 0. The van der Waals surface area contributed by atoms with Crippen molar-refractivity contribution in [1.82, 2.24) is 9.21 Å². The molecule has 2 aliphatic rings. The highest BCUT2D eigenvalue weighted by atomic mass is 32.2. The van der Waals surface area contributed by atoms with Crippen LogP contribution in [0.2, 0.25) is 0 Å². The maximum absolute atomic E-state index is 14.1. The fourth-order valence-electron chi connectivity index (χ4n) is 3.32. The summed E-state index contributed by atoms with van der Waals surface area (Å²) in [6, 6.07) is 4.16. The van der Waals surface area contributed by atoms with E-state index in [1.807, 2.05) is 0 Å². The molecule has 1 atom stereocenters. The van der Waals surface area contributed by atoms with E-state index >= 15 is 0 Å². The summed E-state index contributed by atoms with van der Waals surface area (Å²) in [5.74, 6) is -0.673. The first-order valence-electron chi connectivity index (χ1n) is 8.06. The summed E-state index contributed by atoms with van der Waals surface area (Å²) >= 11 is 0. The number of rotatable bonds is 4. The van der Waals surface area contributed by atoms with Gasteiger partial charge in [-0.05, 0) is 37.5 Å². The van der Waals surface area contributed by atoms with Crippen LogP contribution in [0.3, 0.4) is 0 Å². The van der Waals surface area contributed by atoms with Crippen LogP contribution in [0.4, 0.5) is 4.39 Å². The summed E-state index contributed by atoms with van der Waals surface area (Å²) < 4.78 is 46.7. The highest BCUT2D eigenvalue weighted by Gasteiger charge is 2.37. The number of morpholine rings is 1. The van der Waals surface area contributed by atoms with E-state index in [0.717, 1.165) is 31.5 Å². The van der Waals surface area contributed by atoms with Gasteiger partial charge in [-0.1, -0.05) is 6.07 Å². The van der Waals surface area contributed by atoms with Crippen LogP contribution >= 0.6 is 0 Å². The van der Waals surface area contributed by atoms with E-state index in [1.54, 1.807) is 13.0 Å². The quantitative estimate of drug-likeness (QED) is 0.834. The molecule has 1 aromatic rings. The molecule has 0 aliphatic carbocycles. The van der Waals surface area contributed by atoms with E-state index in [-0.39, 0.29) is 10.9 Å². The molecule has 0 saturated carbocycles. The van der Waals surface area contributed by atoms with E-state index in [9.17, 15) is 12.8 Å². The Morgan fingerprint density at radius 2 is 2.00 bits per heavy atom. The molecule has 5 nitrogen and oxygen atoms in total. The Labute approximate surface area is 137 Å². The van der Waals surface area contributed by atoms with Gasteiger partial charge in [0.1, 0.15) is 10.7 Å². The number of ether oxygens (including phenoxy) is 1. The van der Waals surface area contributed by atoms with E-state index in [2.05, 4.69) is 4.90 Å². The highest BCUT2D eigenvalue weighted by Crippen LogP contribution is 2.28. The van der Waals surface area contributed by atoms with Crippen molar-refractivity contribution in [2.45, 2.75) is 30.7 Å². The lowest BCUT2D eigenvalue weighted by Crippen LogP contribution is -2.46. The second kappa shape index (κ2) is 6.84. The zero-order valence-electron chi connectivity index (χ0n) is 13.4. The average molecular weight is 342 g/mol. The standard InChI is InChI=1S/C16H23FN2O3S/c1-13-4-5-15(17)16(11-13)23(20,21)19-6-2-3-14(19)12-18-7-9-22-10-8-18/h4-5,11,14H,2-3,6-10,12H2,1H3. The van der Waals surface area contributed by atoms with Crippen LogP contribution in [0.25, 0.3) is 0 Å². The SMILES string of the molecule is Cc1ccc(F)c(S(=O)(=O)N2CCCC2CN2CCOCC2)c1. The van der Waals surface area contributed by atoms with Gasteiger partial charge in [-0.25, -0.2) is 12.8 Å². The number of hydrogen-bond acceptors (Lipinski definition) is 4. The molecule has 0 radical (unpaired) electrons. The van der Waals surface area contributed by atoms with Crippen molar-refractivity contribution in [2.24, 2.45) is 0 Å². The number of aryl methyl sites for hydroxylation is 1. The van der Waals surface area contributed by atoms with Crippen molar-refractivity contribution in [3.63, 3.8) is 0 Å². The van der Waals surface area contributed by atoms with Gasteiger partial charge >= 0.3 is 0 Å². The van der Waals surface area contributed by atoms with Crippen LogP contribution in [0.1, 0.15) is 18.4 Å². The van der Waals surface area contributed by atoms with Crippen molar-refractivity contribution in [2.75, 3.05) is 39.4 Å². The molecule has 0 spiro atoms. The first kappa shape index (κ1) is 16.8.